The highest BCUT2D eigenvalue weighted by Gasteiger charge is 2.24. The van der Waals surface area contributed by atoms with Gasteiger partial charge in [-0.1, -0.05) is 30.3 Å². The quantitative estimate of drug-likeness (QED) is 0.730. The van der Waals surface area contributed by atoms with Gasteiger partial charge in [0.15, 0.2) is 0 Å². The van der Waals surface area contributed by atoms with E-state index in [2.05, 4.69) is 9.88 Å². The number of pyridine rings is 1. The SMILES string of the molecule is COc1ccc(C(=O)N2CCN(c3ccccn3)CC2)c2ccccc12. The number of aromatic nitrogens is 1. The number of anilines is 1. The van der Waals surface area contributed by atoms with Crippen LogP contribution in [0.1, 0.15) is 10.4 Å². The smallest absolute Gasteiger partial charge is 0.254 e. The lowest BCUT2D eigenvalue weighted by molar-refractivity contribution is 0.0748. The Kier molecular flexibility index (Phi) is 4.44. The summed E-state index contributed by atoms with van der Waals surface area (Å²) in [5, 5.41) is 1.90. The Labute approximate surface area is 152 Å². The molecule has 0 N–H and O–H groups in total. The van der Waals surface area contributed by atoms with Crippen LogP contribution in [-0.4, -0.2) is 49.1 Å². The Hall–Kier alpha value is -3.08. The second-order valence-corrected chi connectivity index (χ2v) is 6.33. The van der Waals surface area contributed by atoms with Crippen molar-refractivity contribution in [2.24, 2.45) is 0 Å². The number of carbonyl (C=O) groups excluding carboxylic acids is 1. The summed E-state index contributed by atoms with van der Waals surface area (Å²) in [5.74, 6) is 1.83. The maximum atomic E-state index is 13.1. The molecular weight excluding hydrogens is 326 g/mol. The second-order valence-electron chi connectivity index (χ2n) is 6.33. The van der Waals surface area contributed by atoms with E-state index in [9.17, 15) is 4.79 Å². The van der Waals surface area contributed by atoms with E-state index < -0.39 is 0 Å². The van der Waals surface area contributed by atoms with Crippen molar-refractivity contribution >= 4 is 22.5 Å². The van der Waals surface area contributed by atoms with E-state index in [4.69, 9.17) is 4.74 Å². The fourth-order valence-corrected chi connectivity index (χ4v) is 3.49. The fraction of sp³-hybridized carbons (Fsp3) is 0.238. The van der Waals surface area contributed by atoms with Crippen molar-refractivity contribution in [2.75, 3.05) is 38.2 Å². The first-order valence-corrected chi connectivity index (χ1v) is 8.79. The standard InChI is InChI=1S/C21H21N3O2/c1-26-19-10-9-18(16-6-2-3-7-17(16)19)21(25)24-14-12-23(13-15-24)20-8-4-5-11-22-20/h2-11H,12-15H2,1H3. The monoisotopic (exact) mass is 347 g/mol. The van der Waals surface area contributed by atoms with Crippen LogP contribution >= 0.6 is 0 Å². The predicted octanol–water partition coefficient (Wildman–Crippen LogP) is 3.21. The average Bonchev–Trinajstić information content (AvgIpc) is 2.73. The number of piperazine rings is 1. The van der Waals surface area contributed by atoms with Crippen molar-refractivity contribution in [1.29, 1.82) is 0 Å². The molecule has 0 radical (unpaired) electrons. The fourth-order valence-electron chi connectivity index (χ4n) is 3.49. The van der Waals surface area contributed by atoms with Crippen LogP contribution in [-0.2, 0) is 0 Å². The molecule has 3 aromatic rings. The number of hydrogen-bond acceptors (Lipinski definition) is 4. The van der Waals surface area contributed by atoms with Gasteiger partial charge in [-0.2, -0.15) is 0 Å². The zero-order chi connectivity index (χ0) is 17.9. The van der Waals surface area contributed by atoms with Gasteiger partial charge in [-0.15, -0.1) is 0 Å². The van der Waals surface area contributed by atoms with Gasteiger partial charge < -0.3 is 14.5 Å². The Morgan fingerprint density at radius 3 is 2.35 bits per heavy atom. The number of ether oxygens (including phenoxy) is 1. The third-order valence-electron chi connectivity index (χ3n) is 4.87. The lowest BCUT2D eigenvalue weighted by atomic mass is 10.0. The van der Waals surface area contributed by atoms with E-state index in [-0.39, 0.29) is 5.91 Å². The van der Waals surface area contributed by atoms with Gasteiger partial charge in [0.2, 0.25) is 0 Å². The maximum Gasteiger partial charge on any atom is 0.254 e. The van der Waals surface area contributed by atoms with Crippen molar-refractivity contribution in [3.05, 3.63) is 66.4 Å². The van der Waals surface area contributed by atoms with E-state index >= 15 is 0 Å². The molecule has 1 fully saturated rings. The van der Waals surface area contributed by atoms with Gasteiger partial charge in [-0.25, -0.2) is 4.98 Å². The van der Waals surface area contributed by atoms with E-state index in [1.807, 2.05) is 59.5 Å². The Morgan fingerprint density at radius 1 is 0.923 bits per heavy atom. The van der Waals surface area contributed by atoms with Crippen LogP contribution in [0.5, 0.6) is 5.75 Å². The van der Waals surface area contributed by atoms with E-state index in [0.717, 1.165) is 41.0 Å². The third kappa shape index (κ3) is 2.96. The first-order chi connectivity index (χ1) is 12.8. The minimum absolute atomic E-state index is 0.0736. The molecule has 2 heterocycles. The molecule has 1 aliphatic rings. The predicted molar refractivity (Wildman–Crippen MR) is 103 cm³/mol. The minimum Gasteiger partial charge on any atom is -0.496 e. The van der Waals surface area contributed by atoms with Crippen LogP contribution in [0.3, 0.4) is 0 Å². The van der Waals surface area contributed by atoms with Crippen molar-refractivity contribution in [2.45, 2.75) is 0 Å². The number of benzene rings is 2. The summed E-state index contributed by atoms with van der Waals surface area (Å²) in [6.45, 7) is 2.96. The molecule has 0 unspecified atom stereocenters. The molecule has 0 aliphatic carbocycles. The highest BCUT2D eigenvalue weighted by molar-refractivity contribution is 6.08. The topological polar surface area (TPSA) is 45.7 Å². The molecule has 5 nitrogen and oxygen atoms in total. The summed E-state index contributed by atoms with van der Waals surface area (Å²) < 4.78 is 5.43. The Morgan fingerprint density at radius 2 is 1.65 bits per heavy atom. The van der Waals surface area contributed by atoms with Crippen LogP contribution in [0.2, 0.25) is 0 Å². The van der Waals surface area contributed by atoms with Crippen LogP contribution in [0, 0.1) is 0 Å². The molecule has 1 aliphatic heterocycles. The molecule has 132 valence electrons. The number of carbonyl (C=O) groups is 1. The number of methoxy groups -OCH3 is 1. The molecule has 0 bridgehead atoms. The minimum atomic E-state index is 0.0736. The highest BCUT2D eigenvalue weighted by Crippen LogP contribution is 2.29. The van der Waals surface area contributed by atoms with Gasteiger partial charge >= 0.3 is 0 Å². The van der Waals surface area contributed by atoms with E-state index in [0.29, 0.717) is 13.1 Å². The number of amides is 1. The zero-order valence-corrected chi connectivity index (χ0v) is 14.8. The lowest BCUT2D eigenvalue weighted by Crippen LogP contribution is -2.49. The van der Waals surface area contributed by atoms with Crippen LogP contribution in [0.25, 0.3) is 10.8 Å². The van der Waals surface area contributed by atoms with Gasteiger partial charge in [-0.05, 0) is 29.7 Å². The average molecular weight is 347 g/mol. The molecule has 5 heteroatoms. The van der Waals surface area contributed by atoms with Crippen LogP contribution in [0.15, 0.2) is 60.8 Å². The number of fused-ring (bicyclic) bond motifs is 1. The molecule has 1 saturated heterocycles. The molecule has 4 rings (SSSR count). The molecule has 2 aromatic carbocycles. The summed E-state index contributed by atoms with van der Waals surface area (Å²) in [7, 11) is 1.65. The van der Waals surface area contributed by atoms with Crippen LogP contribution in [0.4, 0.5) is 5.82 Å². The lowest BCUT2D eigenvalue weighted by Gasteiger charge is -2.35. The van der Waals surface area contributed by atoms with Gasteiger partial charge in [0.1, 0.15) is 11.6 Å². The Bertz CT molecular complexity index is 919. The largest absolute Gasteiger partial charge is 0.496 e. The van der Waals surface area contributed by atoms with Crippen molar-refractivity contribution < 1.29 is 9.53 Å². The summed E-state index contributed by atoms with van der Waals surface area (Å²) in [6, 6.07) is 17.5. The summed E-state index contributed by atoms with van der Waals surface area (Å²) >= 11 is 0. The third-order valence-corrected chi connectivity index (χ3v) is 4.87. The van der Waals surface area contributed by atoms with Crippen molar-refractivity contribution in [3.8, 4) is 5.75 Å². The van der Waals surface area contributed by atoms with Gasteiger partial charge in [-0.3, -0.25) is 4.79 Å². The molecule has 1 amide bonds. The van der Waals surface area contributed by atoms with E-state index in [1.165, 1.54) is 0 Å². The molecule has 1 aromatic heterocycles. The van der Waals surface area contributed by atoms with Gasteiger partial charge in [0.25, 0.3) is 5.91 Å². The summed E-state index contributed by atoms with van der Waals surface area (Å²) in [4.78, 5) is 21.6. The second kappa shape index (κ2) is 7.04. The molecule has 26 heavy (non-hydrogen) atoms. The molecule has 0 spiro atoms. The Balaban J connectivity index is 1.55. The van der Waals surface area contributed by atoms with Crippen molar-refractivity contribution in [3.63, 3.8) is 0 Å². The normalized spacial score (nSPS) is 14.5. The number of hydrogen-bond donors (Lipinski definition) is 0. The first-order valence-electron chi connectivity index (χ1n) is 8.79. The first kappa shape index (κ1) is 16.4. The number of rotatable bonds is 3. The zero-order valence-electron chi connectivity index (χ0n) is 14.8. The van der Waals surface area contributed by atoms with Gasteiger partial charge in [0.05, 0.1) is 7.11 Å². The van der Waals surface area contributed by atoms with E-state index in [1.54, 1.807) is 13.3 Å². The van der Waals surface area contributed by atoms with Crippen LogP contribution < -0.4 is 9.64 Å². The highest BCUT2D eigenvalue weighted by atomic mass is 16.5. The molecule has 0 atom stereocenters. The summed E-state index contributed by atoms with van der Waals surface area (Å²) in [6.07, 6.45) is 1.80. The maximum absolute atomic E-state index is 13.1. The molecular formula is C21H21N3O2. The summed E-state index contributed by atoms with van der Waals surface area (Å²) in [5.41, 5.74) is 0.729. The molecule has 0 saturated carbocycles. The van der Waals surface area contributed by atoms with Crippen molar-refractivity contribution in [1.82, 2.24) is 9.88 Å². The van der Waals surface area contributed by atoms with Gasteiger partial charge in [0, 0.05) is 43.3 Å². The number of nitrogens with zero attached hydrogens (tertiary/aromatic N) is 3.